The highest BCUT2D eigenvalue weighted by atomic mass is 16.5. The number of nitrogens with zero attached hydrogens (tertiary/aromatic N) is 2. The number of aliphatic hydroxyl groups excluding tert-OH is 1. The number of benzene rings is 1. The summed E-state index contributed by atoms with van der Waals surface area (Å²) in [6.45, 7) is 3.72. The summed E-state index contributed by atoms with van der Waals surface area (Å²) in [7, 11) is 1.65. The number of hydrogen-bond donors (Lipinski definition) is 2. The van der Waals surface area contributed by atoms with E-state index >= 15 is 0 Å². The van der Waals surface area contributed by atoms with Crippen molar-refractivity contribution < 1.29 is 9.84 Å². The van der Waals surface area contributed by atoms with E-state index in [0.29, 0.717) is 24.9 Å². The summed E-state index contributed by atoms with van der Waals surface area (Å²) in [6.07, 6.45) is 0.668. The zero-order chi connectivity index (χ0) is 18.8. The number of aromatic nitrogens is 1. The fourth-order valence-corrected chi connectivity index (χ4v) is 4.53. The Morgan fingerprint density at radius 1 is 1.19 bits per heavy atom. The van der Waals surface area contributed by atoms with Crippen molar-refractivity contribution in [3.05, 3.63) is 58.5 Å². The molecule has 1 aromatic carbocycles. The normalized spacial score (nSPS) is 22.7. The molecule has 4 rings (SSSR count). The van der Waals surface area contributed by atoms with Crippen LogP contribution in [0.3, 0.4) is 0 Å². The van der Waals surface area contributed by atoms with Gasteiger partial charge in [0.25, 0.3) is 5.56 Å². The molecule has 2 bridgehead atoms. The van der Waals surface area contributed by atoms with Gasteiger partial charge in [0.05, 0.1) is 18.9 Å². The Kier molecular flexibility index (Phi) is 5.18. The number of nitrogens with one attached hydrogen (secondary N) is 1. The van der Waals surface area contributed by atoms with Gasteiger partial charge in [-0.2, -0.15) is 0 Å². The van der Waals surface area contributed by atoms with E-state index in [2.05, 4.69) is 16.3 Å². The maximum Gasteiger partial charge on any atom is 0.250 e. The molecule has 2 N–H and O–H groups in total. The monoisotopic (exact) mass is 369 g/mol. The molecule has 2 aromatic rings. The number of para-hydroxylation sites is 2. The fourth-order valence-electron chi connectivity index (χ4n) is 4.53. The molecule has 2 aliphatic heterocycles. The van der Waals surface area contributed by atoms with Crippen LogP contribution in [0.4, 0.5) is 5.69 Å². The standard InChI is InChI=1S/C21H27N3O3/c1-27-20-7-3-2-5-18(20)22-10-17(25)14-23-11-15-9-16(13-23)19-6-4-8-21(26)24(19)12-15/h2-8,15-17,22,25H,9-14H2,1H3/t15-,16+,17+/m0/s1. The number of β-amino-alcohol motifs (C(OH)–C–C–N with tert-alkyl or cyclic N) is 1. The molecule has 0 radical (unpaired) electrons. The van der Waals surface area contributed by atoms with E-state index < -0.39 is 6.10 Å². The second-order valence-corrected chi connectivity index (χ2v) is 7.65. The number of fused-ring (bicyclic) bond motifs is 4. The average Bonchev–Trinajstić information content (AvgIpc) is 2.67. The van der Waals surface area contributed by atoms with Crippen LogP contribution in [0.2, 0.25) is 0 Å². The maximum atomic E-state index is 12.1. The number of anilines is 1. The second kappa shape index (κ2) is 7.74. The molecular formula is C21H27N3O3. The van der Waals surface area contributed by atoms with E-state index in [4.69, 9.17) is 4.74 Å². The predicted octanol–water partition coefficient (Wildman–Crippen LogP) is 1.75. The quantitative estimate of drug-likeness (QED) is 0.812. The molecule has 3 atom stereocenters. The molecular weight excluding hydrogens is 342 g/mol. The van der Waals surface area contributed by atoms with Crippen molar-refractivity contribution >= 4 is 5.69 Å². The smallest absolute Gasteiger partial charge is 0.250 e. The predicted molar refractivity (Wildman–Crippen MR) is 105 cm³/mol. The molecule has 1 fully saturated rings. The van der Waals surface area contributed by atoms with Crippen LogP contribution in [0, 0.1) is 5.92 Å². The van der Waals surface area contributed by atoms with Gasteiger partial charge in [-0.3, -0.25) is 9.69 Å². The van der Waals surface area contributed by atoms with Gasteiger partial charge in [-0.1, -0.05) is 18.2 Å². The molecule has 3 heterocycles. The van der Waals surface area contributed by atoms with Crippen molar-refractivity contribution in [2.45, 2.75) is 25.0 Å². The summed E-state index contributed by atoms with van der Waals surface area (Å²) in [5.41, 5.74) is 2.14. The van der Waals surface area contributed by atoms with Crippen molar-refractivity contribution in [3.63, 3.8) is 0 Å². The van der Waals surface area contributed by atoms with Crippen LogP contribution in [-0.2, 0) is 6.54 Å². The van der Waals surface area contributed by atoms with Gasteiger partial charge < -0.3 is 19.7 Å². The lowest BCUT2D eigenvalue weighted by molar-refractivity contribution is 0.0676. The average molecular weight is 369 g/mol. The Hall–Kier alpha value is -2.31. The van der Waals surface area contributed by atoms with Gasteiger partial charge in [0.1, 0.15) is 5.75 Å². The van der Waals surface area contributed by atoms with Crippen LogP contribution >= 0.6 is 0 Å². The Labute approximate surface area is 159 Å². The lowest BCUT2D eigenvalue weighted by Crippen LogP contribution is -2.49. The molecule has 27 heavy (non-hydrogen) atoms. The molecule has 6 nitrogen and oxygen atoms in total. The minimum atomic E-state index is -0.466. The molecule has 0 aliphatic carbocycles. The topological polar surface area (TPSA) is 66.7 Å². The zero-order valence-electron chi connectivity index (χ0n) is 15.7. The number of hydrogen-bond acceptors (Lipinski definition) is 5. The molecule has 0 saturated carbocycles. The van der Waals surface area contributed by atoms with Crippen LogP contribution < -0.4 is 15.6 Å². The first kappa shape index (κ1) is 18.1. The Morgan fingerprint density at radius 2 is 2.04 bits per heavy atom. The summed E-state index contributed by atoms with van der Waals surface area (Å²) in [6, 6.07) is 13.3. The summed E-state index contributed by atoms with van der Waals surface area (Å²) in [5.74, 6) is 1.63. The zero-order valence-corrected chi connectivity index (χ0v) is 15.7. The summed E-state index contributed by atoms with van der Waals surface area (Å²) in [4.78, 5) is 14.5. The molecule has 144 valence electrons. The van der Waals surface area contributed by atoms with Gasteiger partial charge in [-0.15, -0.1) is 0 Å². The minimum Gasteiger partial charge on any atom is -0.495 e. The van der Waals surface area contributed by atoms with Crippen molar-refractivity contribution in [3.8, 4) is 5.75 Å². The number of piperidine rings is 1. The van der Waals surface area contributed by atoms with Gasteiger partial charge in [0, 0.05) is 50.4 Å². The first-order valence-electron chi connectivity index (χ1n) is 9.61. The van der Waals surface area contributed by atoms with Crippen LogP contribution in [0.1, 0.15) is 18.0 Å². The SMILES string of the molecule is COc1ccccc1NC[C@@H](O)CN1C[C@@H]2C[C@H](C1)c1cccc(=O)n1C2. The first-order chi connectivity index (χ1) is 13.1. The van der Waals surface area contributed by atoms with Crippen molar-refractivity contribution in [2.24, 2.45) is 5.92 Å². The number of aliphatic hydroxyl groups is 1. The highest BCUT2D eigenvalue weighted by molar-refractivity contribution is 5.56. The van der Waals surface area contributed by atoms with E-state index in [0.717, 1.165) is 43.2 Å². The van der Waals surface area contributed by atoms with E-state index in [1.165, 1.54) is 0 Å². The summed E-state index contributed by atoms with van der Waals surface area (Å²) in [5, 5.41) is 13.8. The molecule has 0 unspecified atom stereocenters. The molecule has 1 saturated heterocycles. The number of likely N-dealkylation sites (tertiary alicyclic amines) is 1. The van der Waals surface area contributed by atoms with E-state index in [9.17, 15) is 9.90 Å². The van der Waals surface area contributed by atoms with Gasteiger partial charge in [-0.05, 0) is 30.5 Å². The summed E-state index contributed by atoms with van der Waals surface area (Å²) < 4.78 is 7.28. The lowest BCUT2D eigenvalue weighted by Gasteiger charge is -2.43. The molecule has 1 aromatic heterocycles. The van der Waals surface area contributed by atoms with Crippen LogP contribution in [-0.4, -0.2) is 54.0 Å². The van der Waals surface area contributed by atoms with Crippen LogP contribution in [0.15, 0.2) is 47.3 Å². The largest absolute Gasteiger partial charge is 0.495 e. The number of rotatable bonds is 6. The Morgan fingerprint density at radius 3 is 2.89 bits per heavy atom. The Bertz CT molecular complexity index is 851. The molecule has 6 heteroatoms. The lowest BCUT2D eigenvalue weighted by atomic mass is 9.83. The summed E-state index contributed by atoms with van der Waals surface area (Å²) >= 11 is 0. The van der Waals surface area contributed by atoms with Crippen LogP contribution in [0.25, 0.3) is 0 Å². The van der Waals surface area contributed by atoms with Gasteiger partial charge in [0.15, 0.2) is 0 Å². The number of pyridine rings is 1. The van der Waals surface area contributed by atoms with E-state index in [-0.39, 0.29) is 5.56 Å². The third-order valence-electron chi connectivity index (χ3n) is 5.66. The van der Waals surface area contributed by atoms with Crippen LogP contribution in [0.5, 0.6) is 5.75 Å². The Balaban J connectivity index is 1.36. The van der Waals surface area contributed by atoms with Crippen molar-refractivity contribution in [1.29, 1.82) is 0 Å². The molecule has 2 aliphatic rings. The highest BCUT2D eigenvalue weighted by Crippen LogP contribution is 2.34. The highest BCUT2D eigenvalue weighted by Gasteiger charge is 2.34. The first-order valence-corrected chi connectivity index (χ1v) is 9.61. The van der Waals surface area contributed by atoms with E-state index in [1.54, 1.807) is 13.2 Å². The third-order valence-corrected chi connectivity index (χ3v) is 5.66. The molecule has 0 spiro atoms. The van der Waals surface area contributed by atoms with E-state index in [1.807, 2.05) is 34.9 Å². The van der Waals surface area contributed by atoms with Crippen molar-refractivity contribution in [2.75, 3.05) is 38.6 Å². The van der Waals surface area contributed by atoms with Gasteiger partial charge >= 0.3 is 0 Å². The van der Waals surface area contributed by atoms with Gasteiger partial charge in [-0.25, -0.2) is 0 Å². The number of ether oxygens (including phenoxy) is 1. The number of methoxy groups -OCH3 is 1. The second-order valence-electron chi connectivity index (χ2n) is 7.65. The van der Waals surface area contributed by atoms with Gasteiger partial charge in [0.2, 0.25) is 0 Å². The minimum absolute atomic E-state index is 0.108. The maximum absolute atomic E-state index is 12.1. The molecule has 0 amide bonds. The third kappa shape index (κ3) is 3.87. The fraction of sp³-hybridized carbons (Fsp3) is 0.476. The van der Waals surface area contributed by atoms with Crippen molar-refractivity contribution in [1.82, 2.24) is 9.47 Å².